The van der Waals surface area contributed by atoms with Crippen molar-refractivity contribution in [2.45, 2.75) is 26.5 Å². The van der Waals surface area contributed by atoms with Gasteiger partial charge in [0, 0.05) is 6.04 Å². The number of imide groups is 1. The van der Waals surface area contributed by atoms with Crippen LogP contribution in [0.25, 0.3) is 16.8 Å². The highest BCUT2D eigenvalue weighted by molar-refractivity contribution is 9.10. The van der Waals surface area contributed by atoms with E-state index in [1.807, 2.05) is 44.2 Å². The molecule has 1 fully saturated rings. The molecule has 0 N–H and O–H groups in total. The summed E-state index contributed by atoms with van der Waals surface area (Å²) in [6.07, 6.45) is 1.74. The van der Waals surface area contributed by atoms with Crippen molar-refractivity contribution in [3.8, 4) is 5.75 Å². The molecule has 0 bridgehead atoms. The molecule has 1 heterocycles. The maximum Gasteiger partial charge on any atom is 0.293 e. The van der Waals surface area contributed by atoms with E-state index < -0.39 is 0 Å². The Morgan fingerprint density at radius 3 is 2.50 bits per heavy atom. The number of benzene rings is 3. The largest absolute Gasteiger partial charge is 0.488 e. The van der Waals surface area contributed by atoms with Gasteiger partial charge < -0.3 is 4.74 Å². The average Bonchev–Trinajstić information content (AvgIpc) is 3.00. The van der Waals surface area contributed by atoms with E-state index in [1.165, 1.54) is 15.7 Å². The number of hydrogen-bond donors (Lipinski definition) is 0. The van der Waals surface area contributed by atoms with Crippen molar-refractivity contribution in [3.05, 3.63) is 81.2 Å². The smallest absolute Gasteiger partial charge is 0.293 e. The van der Waals surface area contributed by atoms with Crippen LogP contribution in [0.15, 0.2) is 70.0 Å². The topological polar surface area (TPSA) is 46.6 Å². The molecule has 6 heteroatoms. The fraction of sp³-hybridized carbons (Fsp3) is 0.167. The van der Waals surface area contributed by atoms with E-state index >= 15 is 0 Å². The summed E-state index contributed by atoms with van der Waals surface area (Å²) < 4.78 is 6.77. The first-order chi connectivity index (χ1) is 14.4. The van der Waals surface area contributed by atoms with Crippen LogP contribution in [-0.4, -0.2) is 22.1 Å². The molecular weight excluding hydrogens is 462 g/mol. The van der Waals surface area contributed by atoms with E-state index in [0.29, 0.717) is 11.5 Å². The van der Waals surface area contributed by atoms with Crippen molar-refractivity contribution in [3.63, 3.8) is 0 Å². The summed E-state index contributed by atoms with van der Waals surface area (Å²) in [6.45, 7) is 4.12. The number of nitrogens with zero attached hydrogens (tertiary/aromatic N) is 1. The number of fused-ring (bicyclic) bond motifs is 1. The lowest BCUT2D eigenvalue weighted by Gasteiger charge is -2.16. The number of amides is 2. The Labute approximate surface area is 188 Å². The molecule has 4 nitrogen and oxygen atoms in total. The van der Waals surface area contributed by atoms with Gasteiger partial charge in [-0.05, 0) is 87.7 Å². The van der Waals surface area contributed by atoms with Crippen molar-refractivity contribution in [2.24, 2.45) is 0 Å². The summed E-state index contributed by atoms with van der Waals surface area (Å²) in [5.74, 6) is 0.475. The number of rotatable bonds is 5. The highest BCUT2D eigenvalue weighted by atomic mass is 79.9. The van der Waals surface area contributed by atoms with E-state index in [4.69, 9.17) is 4.74 Å². The third-order valence-corrected chi connectivity index (χ3v) is 6.31. The fourth-order valence-electron chi connectivity index (χ4n) is 3.29. The summed E-state index contributed by atoms with van der Waals surface area (Å²) >= 11 is 4.52. The summed E-state index contributed by atoms with van der Waals surface area (Å²) in [4.78, 5) is 26.2. The third kappa shape index (κ3) is 4.30. The Bertz CT molecular complexity index is 1170. The Balaban J connectivity index is 1.48. The zero-order chi connectivity index (χ0) is 21.3. The zero-order valence-corrected chi connectivity index (χ0v) is 19.0. The lowest BCUT2D eigenvalue weighted by molar-refractivity contribution is -0.123. The molecule has 30 heavy (non-hydrogen) atoms. The quantitative estimate of drug-likeness (QED) is 0.383. The van der Waals surface area contributed by atoms with Crippen LogP contribution in [0.2, 0.25) is 0 Å². The fourth-order valence-corrected chi connectivity index (χ4v) is 4.76. The molecule has 1 aliphatic heterocycles. The van der Waals surface area contributed by atoms with Crippen LogP contribution >= 0.6 is 27.7 Å². The summed E-state index contributed by atoms with van der Waals surface area (Å²) in [7, 11) is 0. The van der Waals surface area contributed by atoms with Crippen molar-refractivity contribution in [1.29, 1.82) is 0 Å². The Morgan fingerprint density at radius 2 is 1.80 bits per heavy atom. The molecule has 152 valence electrons. The molecule has 0 unspecified atom stereocenters. The van der Waals surface area contributed by atoms with Crippen LogP contribution in [0.1, 0.15) is 25.0 Å². The first-order valence-corrected chi connectivity index (χ1v) is 11.2. The summed E-state index contributed by atoms with van der Waals surface area (Å²) in [5.41, 5.74) is 1.92. The van der Waals surface area contributed by atoms with Crippen molar-refractivity contribution < 1.29 is 14.3 Å². The number of carbonyl (C=O) groups is 2. The van der Waals surface area contributed by atoms with Crippen LogP contribution in [0.3, 0.4) is 0 Å². The molecule has 0 aliphatic carbocycles. The minimum atomic E-state index is -0.243. The van der Waals surface area contributed by atoms with Crippen LogP contribution in [0.4, 0.5) is 4.79 Å². The second-order valence-electron chi connectivity index (χ2n) is 7.31. The predicted molar refractivity (Wildman–Crippen MR) is 125 cm³/mol. The lowest BCUT2D eigenvalue weighted by Crippen LogP contribution is -2.34. The van der Waals surface area contributed by atoms with Crippen molar-refractivity contribution in [1.82, 2.24) is 4.90 Å². The SMILES string of the molecule is CC(C)N1C(=O)S/C(=C\c2ccc(OCc3ccc4ccccc4c3)c(Br)c2)C1=O. The van der Waals surface area contributed by atoms with Crippen LogP contribution in [0, 0.1) is 0 Å². The monoisotopic (exact) mass is 481 g/mol. The van der Waals surface area contributed by atoms with Gasteiger partial charge in [-0.15, -0.1) is 0 Å². The molecule has 0 radical (unpaired) electrons. The van der Waals surface area contributed by atoms with Gasteiger partial charge in [0.15, 0.2) is 0 Å². The van der Waals surface area contributed by atoms with Crippen molar-refractivity contribution in [2.75, 3.05) is 0 Å². The van der Waals surface area contributed by atoms with E-state index in [1.54, 1.807) is 6.08 Å². The molecular formula is C24H20BrNO3S. The highest BCUT2D eigenvalue weighted by Crippen LogP contribution is 2.35. The van der Waals surface area contributed by atoms with E-state index in [0.717, 1.165) is 33.1 Å². The molecule has 0 aromatic heterocycles. The minimum Gasteiger partial charge on any atom is -0.488 e. The van der Waals surface area contributed by atoms with Gasteiger partial charge in [-0.1, -0.05) is 42.5 Å². The number of ether oxygens (including phenoxy) is 1. The molecule has 3 aromatic carbocycles. The summed E-state index contributed by atoms with van der Waals surface area (Å²) in [6, 6.07) is 20.0. The second-order valence-corrected chi connectivity index (χ2v) is 9.15. The normalized spacial score (nSPS) is 15.6. The van der Waals surface area contributed by atoms with Gasteiger partial charge in [-0.3, -0.25) is 14.5 Å². The predicted octanol–water partition coefficient (Wildman–Crippen LogP) is 6.63. The third-order valence-electron chi connectivity index (χ3n) is 4.80. The van der Waals surface area contributed by atoms with E-state index in [2.05, 4.69) is 46.3 Å². The van der Waals surface area contributed by atoms with Crippen LogP contribution < -0.4 is 4.74 Å². The second kappa shape index (κ2) is 8.66. The maximum atomic E-state index is 12.4. The molecule has 0 atom stereocenters. The number of hydrogen-bond acceptors (Lipinski definition) is 4. The molecule has 0 spiro atoms. The standard InChI is InChI=1S/C24H20BrNO3S/c1-15(2)26-23(27)22(30-24(26)28)13-16-8-10-21(20(25)12-16)29-14-17-7-9-18-5-3-4-6-19(18)11-17/h3-13,15H,14H2,1-2H3/b22-13-. The Kier molecular flexibility index (Phi) is 5.97. The Hall–Kier alpha value is -2.57. The molecule has 3 aromatic rings. The Morgan fingerprint density at radius 1 is 1.03 bits per heavy atom. The van der Waals surface area contributed by atoms with Crippen LogP contribution in [0.5, 0.6) is 5.75 Å². The van der Waals surface area contributed by atoms with E-state index in [9.17, 15) is 9.59 Å². The summed E-state index contributed by atoms with van der Waals surface area (Å²) in [5, 5.41) is 2.16. The van der Waals surface area contributed by atoms with Gasteiger partial charge in [-0.2, -0.15) is 0 Å². The highest BCUT2D eigenvalue weighted by Gasteiger charge is 2.36. The zero-order valence-electron chi connectivity index (χ0n) is 16.6. The van der Waals surface area contributed by atoms with Crippen LogP contribution in [-0.2, 0) is 11.4 Å². The van der Waals surface area contributed by atoms with Crippen molar-refractivity contribution >= 4 is 55.7 Å². The number of halogens is 1. The molecule has 2 amide bonds. The first kappa shape index (κ1) is 20.7. The van der Waals surface area contributed by atoms with Gasteiger partial charge in [0.1, 0.15) is 12.4 Å². The maximum absolute atomic E-state index is 12.4. The van der Waals surface area contributed by atoms with Gasteiger partial charge in [0.2, 0.25) is 0 Å². The lowest BCUT2D eigenvalue weighted by atomic mass is 10.1. The van der Waals surface area contributed by atoms with E-state index in [-0.39, 0.29) is 17.2 Å². The number of thioether (sulfide) groups is 1. The van der Waals surface area contributed by atoms with Gasteiger partial charge in [-0.25, -0.2) is 0 Å². The first-order valence-electron chi connectivity index (χ1n) is 9.59. The molecule has 1 aliphatic rings. The molecule has 4 rings (SSSR count). The van der Waals surface area contributed by atoms with Gasteiger partial charge in [0.25, 0.3) is 11.1 Å². The minimum absolute atomic E-state index is 0.152. The van der Waals surface area contributed by atoms with Gasteiger partial charge in [0.05, 0.1) is 9.38 Å². The molecule has 0 saturated carbocycles. The molecule has 1 saturated heterocycles. The number of carbonyl (C=O) groups excluding carboxylic acids is 2. The van der Waals surface area contributed by atoms with Gasteiger partial charge >= 0.3 is 0 Å². The average molecular weight is 482 g/mol.